The van der Waals surface area contributed by atoms with E-state index in [1.54, 1.807) is 6.07 Å². The molecule has 0 bridgehead atoms. The normalized spacial score (nSPS) is 18.3. The van der Waals surface area contributed by atoms with Crippen molar-refractivity contribution in [3.63, 3.8) is 0 Å². The standard InChI is InChI=1S/C17H27N3O3S/c1-5-18-17(21)15(4)19-8-10-20(11-9-19)24(22,23)16-7-6-13(2)12-14(16)3/h6-7,12,15H,5,8-11H2,1-4H3,(H,18,21)/t15-/m0/s1. The van der Waals surface area contributed by atoms with E-state index in [1.165, 1.54) is 4.31 Å². The van der Waals surface area contributed by atoms with Gasteiger partial charge in [0.05, 0.1) is 10.9 Å². The van der Waals surface area contributed by atoms with Crippen molar-refractivity contribution in [2.24, 2.45) is 0 Å². The summed E-state index contributed by atoms with van der Waals surface area (Å²) in [5.41, 5.74) is 1.82. The highest BCUT2D eigenvalue weighted by atomic mass is 32.2. The van der Waals surface area contributed by atoms with Gasteiger partial charge in [0.2, 0.25) is 15.9 Å². The molecule has 1 atom stereocenters. The first-order chi connectivity index (χ1) is 11.3. The monoisotopic (exact) mass is 353 g/mol. The van der Waals surface area contributed by atoms with Gasteiger partial charge in [-0.15, -0.1) is 0 Å². The maximum absolute atomic E-state index is 12.9. The molecular formula is C17H27N3O3S. The first-order valence-electron chi connectivity index (χ1n) is 8.36. The zero-order chi connectivity index (χ0) is 17.9. The topological polar surface area (TPSA) is 69.7 Å². The van der Waals surface area contributed by atoms with Crippen molar-refractivity contribution < 1.29 is 13.2 Å². The van der Waals surface area contributed by atoms with E-state index in [0.717, 1.165) is 11.1 Å². The van der Waals surface area contributed by atoms with Gasteiger partial charge in [-0.2, -0.15) is 4.31 Å². The lowest BCUT2D eigenvalue weighted by molar-refractivity contribution is -0.126. The second kappa shape index (κ2) is 7.63. The van der Waals surface area contributed by atoms with E-state index in [9.17, 15) is 13.2 Å². The van der Waals surface area contributed by atoms with Crippen molar-refractivity contribution in [1.29, 1.82) is 0 Å². The number of benzene rings is 1. The minimum absolute atomic E-state index is 0.0109. The van der Waals surface area contributed by atoms with E-state index < -0.39 is 10.0 Å². The zero-order valence-electron chi connectivity index (χ0n) is 14.9. The molecule has 1 aromatic carbocycles. The molecule has 0 spiro atoms. The molecule has 2 rings (SSSR count). The summed E-state index contributed by atoms with van der Waals surface area (Å²) in [6.45, 7) is 10.0. The van der Waals surface area contributed by atoms with Crippen LogP contribution in [0, 0.1) is 13.8 Å². The molecule has 7 heteroatoms. The van der Waals surface area contributed by atoms with Crippen LogP contribution >= 0.6 is 0 Å². The smallest absolute Gasteiger partial charge is 0.243 e. The van der Waals surface area contributed by atoms with Crippen LogP contribution in [-0.4, -0.2) is 62.3 Å². The lowest BCUT2D eigenvalue weighted by Crippen LogP contribution is -2.54. The highest BCUT2D eigenvalue weighted by molar-refractivity contribution is 7.89. The molecule has 0 radical (unpaired) electrons. The Hall–Kier alpha value is -1.44. The summed E-state index contributed by atoms with van der Waals surface area (Å²) in [4.78, 5) is 14.3. The predicted octanol–water partition coefficient (Wildman–Crippen LogP) is 1.13. The average molecular weight is 353 g/mol. The van der Waals surface area contributed by atoms with E-state index in [2.05, 4.69) is 5.32 Å². The molecule has 1 aromatic rings. The number of carbonyl (C=O) groups is 1. The van der Waals surface area contributed by atoms with Crippen LogP contribution in [0.4, 0.5) is 0 Å². The fourth-order valence-electron chi connectivity index (χ4n) is 3.05. The molecule has 1 fully saturated rings. The van der Waals surface area contributed by atoms with Crippen molar-refractivity contribution in [3.05, 3.63) is 29.3 Å². The molecule has 1 heterocycles. The number of nitrogens with zero attached hydrogens (tertiary/aromatic N) is 2. The Morgan fingerprint density at radius 1 is 1.21 bits per heavy atom. The van der Waals surface area contributed by atoms with Gasteiger partial charge in [-0.3, -0.25) is 9.69 Å². The number of rotatable bonds is 5. The van der Waals surface area contributed by atoms with Crippen LogP contribution in [0.1, 0.15) is 25.0 Å². The number of hydrogen-bond donors (Lipinski definition) is 1. The summed E-state index contributed by atoms with van der Waals surface area (Å²) in [6, 6.07) is 5.16. The van der Waals surface area contributed by atoms with Crippen molar-refractivity contribution in [2.45, 2.75) is 38.6 Å². The largest absolute Gasteiger partial charge is 0.355 e. The van der Waals surface area contributed by atoms with Crippen molar-refractivity contribution in [1.82, 2.24) is 14.5 Å². The van der Waals surface area contributed by atoms with Gasteiger partial charge in [-0.05, 0) is 39.3 Å². The van der Waals surface area contributed by atoms with Crippen molar-refractivity contribution in [3.8, 4) is 0 Å². The van der Waals surface area contributed by atoms with Crippen LogP contribution in [0.3, 0.4) is 0 Å². The van der Waals surface area contributed by atoms with Crippen LogP contribution in [0.5, 0.6) is 0 Å². The number of likely N-dealkylation sites (N-methyl/N-ethyl adjacent to an activating group) is 1. The highest BCUT2D eigenvalue weighted by Gasteiger charge is 2.32. The highest BCUT2D eigenvalue weighted by Crippen LogP contribution is 2.22. The minimum Gasteiger partial charge on any atom is -0.355 e. The molecule has 1 aliphatic heterocycles. The quantitative estimate of drug-likeness (QED) is 0.862. The number of nitrogens with one attached hydrogen (secondary N) is 1. The summed E-state index contributed by atoms with van der Waals surface area (Å²) in [5.74, 6) is -0.0109. The zero-order valence-corrected chi connectivity index (χ0v) is 15.7. The Morgan fingerprint density at radius 3 is 2.38 bits per heavy atom. The van der Waals surface area contributed by atoms with Gasteiger partial charge in [0.25, 0.3) is 0 Å². The Labute approximate surface area is 144 Å². The molecule has 1 N–H and O–H groups in total. The SMILES string of the molecule is CCNC(=O)[C@H](C)N1CCN(S(=O)(=O)c2ccc(C)cc2C)CC1. The number of sulfonamides is 1. The lowest BCUT2D eigenvalue weighted by atomic mass is 10.2. The summed E-state index contributed by atoms with van der Waals surface area (Å²) in [7, 11) is -3.48. The van der Waals surface area contributed by atoms with Crippen LogP contribution in [-0.2, 0) is 14.8 Å². The molecule has 1 aliphatic rings. The van der Waals surface area contributed by atoms with Gasteiger partial charge in [-0.1, -0.05) is 17.7 Å². The number of aryl methyl sites for hydroxylation is 2. The number of piperazine rings is 1. The minimum atomic E-state index is -3.48. The van der Waals surface area contributed by atoms with E-state index in [1.807, 2.05) is 44.7 Å². The molecule has 0 saturated carbocycles. The van der Waals surface area contributed by atoms with Crippen molar-refractivity contribution in [2.75, 3.05) is 32.7 Å². The Kier molecular flexibility index (Phi) is 6.01. The second-order valence-electron chi connectivity index (χ2n) is 6.28. The van der Waals surface area contributed by atoms with Gasteiger partial charge in [-0.25, -0.2) is 8.42 Å². The van der Waals surface area contributed by atoms with Gasteiger partial charge >= 0.3 is 0 Å². The molecule has 6 nitrogen and oxygen atoms in total. The third-order valence-electron chi connectivity index (χ3n) is 4.50. The Bertz CT molecular complexity index is 695. The summed E-state index contributed by atoms with van der Waals surface area (Å²) >= 11 is 0. The molecule has 0 unspecified atom stereocenters. The molecule has 1 saturated heterocycles. The molecule has 134 valence electrons. The summed E-state index contributed by atoms with van der Waals surface area (Å²) < 4.78 is 27.2. The maximum atomic E-state index is 12.9. The maximum Gasteiger partial charge on any atom is 0.243 e. The number of hydrogen-bond acceptors (Lipinski definition) is 4. The van der Waals surface area contributed by atoms with E-state index >= 15 is 0 Å². The fourth-order valence-corrected chi connectivity index (χ4v) is 4.67. The molecular weight excluding hydrogens is 326 g/mol. The van der Waals surface area contributed by atoms with Crippen LogP contribution in [0.15, 0.2) is 23.1 Å². The third kappa shape index (κ3) is 3.96. The van der Waals surface area contributed by atoms with Crippen LogP contribution in [0.2, 0.25) is 0 Å². The summed E-state index contributed by atoms with van der Waals surface area (Å²) in [5, 5.41) is 2.81. The Morgan fingerprint density at radius 2 is 1.83 bits per heavy atom. The van der Waals surface area contributed by atoms with E-state index in [-0.39, 0.29) is 11.9 Å². The first-order valence-corrected chi connectivity index (χ1v) is 9.80. The first kappa shape index (κ1) is 18.9. The fraction of sp³-hybridized carbons (Fsp3) is 0.588. The average Bonchev–Trinajstić information content (AvgIpc) is 2.54. The lowest BCUT2D eigenvalue weighted by Gasteiger charge is -2.36. The van der Waals surface area contributed by atoms with Crippen LogP contribution in [0.25, 0.3) is 0 Å². The Balaban J connectivity index is 2.07. The van der Waals surface area contributed by atoms with Gasteiger partial charge in [0.1, 0.15) is 0 Å². The number of carbonyl (C=O) groups excluding carboxylic acids is 1. The molecule has 24 heavy (non-hydrogen) atoms. The molecule has 1 amide bonds. The third-order valence-corrected chi connectivity index (χ3v) is 6.56. The van der Waals surface area contributed by atoms with Gasteiger partial charge in [0, 0.05) is 32.7 Å². The second-order valence-corrected chi connectivity index (χ2v) is 8.19. The van der Waals surface area contributed by atoms with Gasteiger partial charge < -0.3 is 5.32 Å². The van der Waals surface area contributed by atoms with Gasteiger partial charge in [0.15, 0.2) is 0 Å². The summed E-state index contributed by atoms with van der Waals surface area (Å²) in [6.07, 6.45) is 0. The van der Waals surface area contributed by atoms with Crippen molar-refractivity contribution >= 4 is 15.9 Å². The molecule has 0 aliphatic carbocycles. The predicted molar refractivity (Wildman–Crippen MR) is 94.4 cm³/mol. The number of amides is 1. The molecule has 0 aromatic heterocycles. The van der Waals surface area contributed by atoms with Crippen LogP contribution < -0.4 is 5.32 Å². The van der Waals surface area contributed by atoms with E-state index in [0.29, 0.717) is 37.6 Å². The van der Waals surface area contributed by atoms with E-state index in [4.69, 9.17) is 0 Å².